The van der Waals surface area contributed by atoms with E-state index in [-0.39, 0.29) is 5.56 Å². The monoisotopic (exact) mass is 411 g/mol. The van der Waals surface area contributed by atoms with Crippen molar-refractivity contribution in [3.8, 4) is 5.69 Å². The third-order valence-corrected chi connectivity index (χ3v) is 4.92. The summed E-state index contributed by atoms with van der Waals surface area (Å²) in [4.78, 5) is 17.2. The minimum atomic E-state index is -0.240. The number of fused-ring (bicyclic) bond motifs is 1. The van der Waals surface area contributed by atoms with Gasteiger partial charge in [-0.25, -0.2) is 9.67 Å². The summed E-state index contributed by atoms with van der Waals surface area (Å²) in [5, 5.41) is 10.2. The molecule has 140 valence electrons. The van der Waals surface area contributed by atoms with Crippen LogP contribution in [0.5, 0.6) is 0 Å². The Kier molecular flexibility index (Phi) is 4.75. The molecule has 2 aromatic heterocycles. The molecule has 0 atom stereocenters. The van der Waals surface area contributed by atoms with Gasteiger partial charge in [0.15, 0.2) is 0 Å². The number of aryl methyl sites for hydroxylation is 2. The maximum absolute atomic E-state index is 12.7. The second-order valence-corrected chi connectivity index (χ2v) is 7.01. The van der Waals surface area contributed by atoms with Gasteiger partial charge in [-0.3, -0.25) is 4.79 Å². The topological polar surface area (TPSA) is 65.1 Å². The van der Waals surface area contributed by atoms with Crippen LogP contribution in [0.3, 0.4) is 0 Å². The van der Waals surface area contributed by atoms with E-state index in [1.807, 2.05) is 25.1 Å². The molecule has 0 aliphatic carbocycles. The number of hydrogen-bond acceptors (Lipinski definition) is 4. The van der Waals surface area contributed by atoms with E-state index in [1.54, 1.807) is 41.9 Å². The van der Waals surface area contributed by atoms with Gasteiger partial charge in [-0.1, -0.05) is 41.4 Å². The van der Waals surface area contributed by atoms with Gasteiger partial charge < -0.3 is 0 Å². The van der Waals surface area contributed by atoms with Crippen molar-refractivity contribution in [1.82, 2.24) is 19.4 Å². The lowest BCUT2D eigenvalue weighted by Crippen LogP contribution is -2.20. The van der Waals surface area contributed by atoms with Crippen molar-refractivity contribution in [3.05, 3.63) is 86.1 Å². The molecule has 0 aliphatic rings. The Bertz CT molecular complexity index is 1290. The Morgan fingerprint density at radius 3 is 2.64 bits per heavy atom. The lowest BCUT2D eigenvalue weighted by molar-refractivity contribution is 0.771. The molecule has 0 bridgehead atoms. The summed E-state index contributed by atoms with van der Waals surface area (Å²) in [6, 6.07) is 14.4. The van der Waals surface area contributed by atoms with Crippen LogP contribution in [0.25, 0.3) is 16.6 Å². The zero-order valence-corrected chi connectivity index (χ0v) is 16.6. The lowest BCUT2D eigenvalue weighted by Gasteiger charge is -2.05. The molecule has 8 heteroatoms. The van der Waals surface area contributed by atoms with E-state index in [0.29, 0.717) is 38.2 Å². The van der Waals surface area contributed by atoms with Gasteiger partial charge >= 0.3 is 0 Å². The van der Waals surface area contributed by atoms with E-state index >= 15 is 0 Å². The molecule has 0 spiro atoms. The SMILES string of the molecule is Cc1nn(-c2cccc(Cl)c2)c(Cl)c1/C=N/n1c(C)nc2ccccc2c1=O. The molecule has 0 N–H and O–H groups in total. The van der Waals surface area contributed by atoms with E-state index < -0.39 is 0 Å². The van der Waals surface area contributed by atoms with Crippen LogP contribution in [0.2, 0.25) is 10.2 Å². The first-order valence-corrected chi connectivity index (χ1v) is 9.25. The molecule has 2 aromatic carbocycles. The molecule has 4 aromatic rings. The molecule has 0 aliphatic heterocycles. The Morgan fingerprint density at radius 1 is 1.07 bits per heavy atom. The number of halogens is 2. The van der Waals surface area contributed by atoms with Gasteiger partial charge in [-0.15, -0.1) is 0 Å². The lowest BCUT2D eigenvalue weighted by atomic mass is 10.2. The number of aromatic nitrogens is 4. The number of rotatable bonds is 3. The largest absolute Gasteiger partial charge is 0.282 e. The van der Waals surface area contributed by atoms with Crippen molar-refractivity contribution in [1.29, 1.82) is 0 Å². The van der Waals surface area contributed by atoms with E-state index in [1.165, 1.54) is 10.9 Å². The summed E-state index contributed by atoms with van der Waals surface area (Å²) in [6.45, 7) is 3.55. The Balaban J connectivity index is 1.79. The molecule has 0 saturated heterocycles. The average molecular weight is 412 g/mol. The third kappa shape index (κ3) is 3.21. The summed E-state index contributed by atoms with van der Waals surface area (Å²) in [7, 11) is 0. The molecule has 0 saturated carbocycles. The summed E-state index contributed by atoms with van der Waals surface area (Å²) in [5.74, 6) is 0.482. The zero-order valence-electron chi connectivity index (χ0n) is 15.1. The van der Waals surface area contributed by atoms with Gasteiger partial charge in [0.05, 0.1) is 34.1 Å². The fourth-order valence-corrected chi connectivity index (χ4v) is 3.43. The van der Waals surface area contributed by atoms with E-state index in [2.05, 4.69) is 15.2 Å². The second-order valence-electron chi connectivity index (χ2n) is 6.22. The van der Waals surface area contributed by atoms with Crippen molar-refractivity contribution < 1.29 is 0 Å². The first-order chi connectivity index (χ1) is 13.5. The van der Waals surface area contributed by atoms with Gasteiger partial charge in [0.2, 0.25) is 0 Å². The summed E-state index contributed by atoms with van der Waals surface area (Å²) in [5.41, 5.74) is 2.42. The van der Waals surface area contributed by atoms with Crippen LogP contribution in [0.15, 0.2) is 58.4 Å². The van der Waals surface area contributed by atoms with Gasteiger partial charge in [-0.05, 0) is 44.2 Å². The van der Waals surface area contributed by atoms with Gasteiger partial charge in [0, 0.05) is 5.02 Å². The molecule has 4 rings (SSSR count). The number of para-hydroxylation sites is 1. The molecule has 0 amide bonds. The van der Waals surface area contributed by atoms with Gasteiger partial charge in [0.1, 0.15) is 11.0 Å². The Morgan fingerprint density at radius 2 is 1.86 bits per heavy atom. The second kappa shape index (κ2) is 7.22. The van der Waals surface area contributed by atoms with E-state index in [4.69, 9.17) is 23.2 Å². The summed E-state index contributed by atoms with van der Waals surface area (Å²) >= 11 is 12.6. The van der Waals surface area contributed by atoms with E-state index in [0.717, 1.165) is 5.69 Å². The van der Waals surface area contributed by atoms with Crippen molar-refractivity contribution in [3.63, 3.8) is 0 Å². The van der Waals surface area contributed by atoms with Crippen molar-refractivity contribution in [2.75, 3.05) is 0 Å². The first-order valence-electron chi connectivity index (χ1n) is 8.49. The fourth-order valence-electron chi connectivity index (χ4n) is 2.92. The molecule has 0 unspecified atom stereocenters. The fraction of sp³-hybridized carbons (Fsp3) is 0.100. The number of nitrogens with zero attached hydrogens (tertiary/aromatic N) is 5. The predicted octanol–water partition coefficient (Wildman–Crippen LogP) is 4.39. The van der Waals surface area contributed by atoms with Crippen LogP contribution in [0.4, 0.5) is 0 Å². The van der Waals surface area contributed by atoms with Crippen LogP contribution in [0, 0.1) is 13.8 Å². The molecular weight excluding hydrogens is 397 g/mol. The van der Waals surface area contributed by atoms with Gasteiger partial charge in [-0.2, -0.15) is 14.9 Å². The number of benzene rings is 2. The van der Waals surface area contributed by atoms with Crippen molar-refractivity contribution in [2.24, 2.45) is 5.10 Å². The van der Waals surface area contributed by atoms with Crippen LogP contribution < -0.4 is 5.56 Å². The Hall–Kier alpha value is -2.96. The quantitative estimate of drug-likeness (QED) is 0.469. The maximum Gasteiger partial charge on any atom is 0.282 e. The highest BCUT2D eigenvalue weighted by atomic mass is 35.5. The highest BCUT2D eigenvalue weighted by Crippen LogP contribution is 2.23. The third-order valence-electron chi connectivity index (χ3n) is 4.32. The molecule has 0 fully saturated rings. The molecule has 6 nitrogen and oxygen atoms in total. The van der Waals surface area contributed by atoms with Crippen molar-refractivity contribution in [2.45, 2.75) is 13.8 Å². The minimum absolute atomic E-state index is 0.240. The highest BCUT2D eigenvalue weighted by Gasteiger charge is 2.14. The number of hydrogen-bond donors (Lipinski definition) is 0. The molecule has 2 heterocycles. The normalized spacial score (nSPS) is 11.6. The van der Waals surface area contributed by atoms with Crippen LogP contribution in [-0.4, -0.2) is 25.7 Å². The smallest absolute Gasteiger partial charge is 0.267 e. The van der Waals surface area contributed by atoms with Gasteiger partial charge in [0.25, 0.3) is 5.56 Å². The summed E-state index contributed by atoms with van der Waals surface area (Å²) in [6.07, 6.45) is 1.52. The zero-order chi connectivity index (χ0) is 19.8. The summed E-state index contributed by atoms with van der Waals surface area (Å²) < 4.78 is 2.84. The van der Waals surface area contributed by atoms with Crippen molar-refractivity contribution >= 4 is 40.3 Å². The van der Waals surface area contributed by atoms with Crippen LogP contribution in [0.1, 0.15) is 17.1 Å². The standard InChI is InChI=1S/C20H15Cl2N5O/c1-12-17(19(22)27(25-12)15-7-5-6-14(21)10-15)11-23-26-13(2)24-18-9-4-3-8-16(18)20(26)28/h3-11H,1-2H3/b23-11+. The predicted molar refractivity (Wildman–Crippen MR) is 112 cm³/mol. The minimum Gasteiger partial charge on any atom is -0.267 e. The molecular formula is C20H15Cl2N5O. The molecule has 28 heavy (non-hydrogen) atoms. The highest BCUT2D eigenvalue weighted by molar-refractivity contribution is 6.32. The van der Waals surface area contributed by atoms with Crippen LogP contribution in [-0.2, 0) is 0 Å². The first kappa shape index (κ1) is 18.4. The average Bonchev–Trinajstić information content (AvgIpc) is 2.96. The molecule has 0 radical (unpaired) electrons. The maximum atomic E-state index is 12.7. The Labute approximate surface area is 170 Å². The van der Waals surface area contributed by atoms with Crippen LogP contribution >= 0.6 is 23.2 Å². The van der Waals surface area contributed by atoms with E-state index in [9.17, 15) is 4.79 Å².